The summed E-state index contributed by atoms with van der Waals surface area (Å²) in [6.45, 7) is 0.844. The number of aliphatic hydroxyl groups excluding tert-OH is 6. The number of aliphatic hydroxyl groups is 6. The Balaban J connectivity index is 2.19. The fraction of sp³-hybridized carbons (Fsp3) is 0.867. The van der Waals surface area contributed by atoms with E-state index < -0.39 is 61.4 Å². The molecule has 1 fully saturated rings. The highest BCUT2D eigenvalue weighted by atomic mass is 16.7. The van der Waals surface area contributed by atoms with Gasteiger partial charge in [-0.3, -0.25) is 0 Å². The van der Waals surface area contributed by atoms with E-state index in [9.17, 15) is 30.6 Å². The second-order valence-electron chi connectivity index (χ2n) is 6.35. The summed E-state index contributed by atoms with van der Waals surface area (Å²) in [6.07, 6.45) is -5.04. The third-order valence-corrected chi connectivity index (χ3v) is 4.86. The van der Waals surface area contributed by atoms with E-state index in [-0.39, 0.29) is 6.61 Å². The van der Waals surface area contributed by atoms with E-state index in [0.717, 1.165) is 0 Å². The van der Waals surface area contributed by atoms with E-state index in [4.69, 9.17) is 9.47 Å². The molecule has 9 atom stereocenters. The third kappa shape index (κ3) is 3.64. The predicted octanol–water partition coefficient (Wildman–Crippen LogP) is -3.31. The molecule has 2 aliphatic rings. The Hall–Kier alpha value is -0.620. The minimum Gasteiger partial charge on any atom is -0.394 e. The SMILES string of the molecule is COC1O[C@H](CO)[C@H](NC2C=C(CO)[C@@H](O)C(C)[C@H]2O)[C@H](O)C1O. The van der Waals surface area contributed by atoms with Crippen LogP contribution in [0.2, 0.25) is 0 Å². The lowest BCUT2D eigenvalue weighted by Crippen LogP contribution is -2.67. The highest BCUT2D eigenvalue weighted by Crippen LogP contribution is 2.28. The van der Waals surface area contributed by atoms with E-state index in [1.165, 1.54) is 13.2 Å². The van der Waals surface area contributed by atoms with Gasteiger partial charge in [-0.2, -0.15) is 0 Å². The monoisotopic (exact) mass is 349 g/mol. The van der Waals surface area contributed by atoms with Crippen LogP contribution in [0.4, 0.5) is 0 Å². The van der Waals surface area contributed by atoms with Gasteiger partial charge < -0.3 is 45.4 Å². The molecule has 0 spiro atoms. The van der Waals surface area contributed by atoms with Crippen molar-refractivity contribution in [2.75, 3.05) is 20.3 Å². The fourth-order valence-corrected chi connectivity index (χ4v) is 3.28. The minimum atomic E-state index is -1.33. The standard InChI is InChI=1S/C15H27NO8/c1-6-11(19)7(4-17)3-8(12(6)20)16-10-9(5-18)24-15(23-2)14(22)13(10)21/h3,6,8-22H,4-5H2,1-2H3/t6?,8?,9-,10+,11+,12-,13+,14?,15?/m1/s1. The number of methoxy groups -OCH3 is 1. The molecule has 0 saturated carbocycles. The van der Waals surface area contributed by atoms with Crippen molar-refractivity contribution < 1.29 is 40.1 Å². The molecule has 1 heterocycles. The van der Waals surface area contributed by atoms with Gasteiger partial charge >= 0.3 is 0 Å². The van der Waals surface area contributed by atoms with Crippen LogP contribution in [0.1, 0.15) is 6.92 Å². The second-order valence-corrected chi connectivity index (χ2v) is 6.35. The average molecular weight is 349 g/mol. The normalized spacial score (nSPS) is 46.7. The number of hydrogen-bond donors (Lipinski definition) is 7. The van der Waals surface area contributed by atoms with E-state index >= 15 is 0 Å². The Kier molecular flexibility index (Phi) is 6.71. The van der Waals surface area contributed by atoms with Crippen LogP contribution in [0.25, 0.3) is 0 Å². The first-order chi connectivity index (χ1) is 11.3. The van der Waals surface area contributed by atoms with Crippen molar-refractivity contribution in [3.05, 3.63) is 11.6 Å². The van der Waals surface area contributed by atoms with Crippen molar-refractivity contribution in [1.82, 2.24) is 5.32 Å². The summed E-state index contributed by atoms with van der Waals surface area (Å²) in [5, 5.41) is 62.5. The summed E-state index contributed by atoms with van der Waals surface area (Å²) in [7, 11) is 1.31. The summed E-state index contributed by atoms with van der Waals surface area (Å²) in [5.74, 6) is -0.541. The van der Waals surface area contributed by atoms with Gasteiger partial charge in [0, 0.05) is 13.0 Å². The molecule has 0 aromatic heterocycles. The lowest BCUT2D eigenvalue weighted by molar-refractivity contribution is -0.273. The van der Waals surface area contributed by atoms with E-state index in [1.807, 2.05) is 0 Å². The number of rotatable bonds is 5. The van der Waals surface area contributed by atoms with E-state index in [2.05, 4.69) is 5.32 Å². The molecule has 7 N–H and O–H groups in total. The van der Waals surface area contributed by atoms with Gasteiger partial charge in [0.25, 0.3) is 0 Å². The largest absolute Gasteiger partial charge is 0.394 e. The molecule has 1 aliphatic carbocycles. The van der Waals surface area contributed by atoms with Gasteiger partial charge in [-0.1, -0.05) is 13.0 Å². The Morgan fingerprint density at radius 2 is 1.79 bits per heavy atom. The van der Waals surface area contributed by atoms with Crippen molar-refractivity contribution in [3.63, 3.8) is 0 Å². The van der Waals surface area contributed by atoms with Crippen LogP contribution in [0.3, 0.4) is 0 Å². The molecule has 9 nitrogen and oxygen atoms in total. The quantitative estimate of drug-likeness (QED) is 0.253. The maximum atomic E-state index is 10.3. The number of hydrogen-bond acceptors (Lipinski definition) is 9. The van der Waals surface area contributed by atoms with Crippen LogP contribution in [0, 0.1) is 5.92 Å². The summed E-state index contributed by atoms with van der Waals surface area (Å²) in [6, 6.07) is -1.58. The molecule has 0 amide bonds. The van der Waals surface area contributed by atoms with Crippen molar-refractivity contribution in [2.45, 2.75) is 55.8 Å². The van der Waals surface area contributed by atoms with E-state index in [1.54, 1.807) is 6.92 Å². The van der Waals surface area contributed by atoms with Crippen LogP contribution in [0.5, 0.6) is 0 Å². The van der Waals surface area contributed by atoms with E-state index in [0.29, 0.717) is 5.57 Å². The van der Waals surface area contributed by atoms with Crippen molar-refractivity contribution in [1.29, 1.82) is 0 Å². The van der Waals surface area contributed by atoms with Crippen LogP contribution in [-0.2, 0) is 9.47 Å². The van der Waals surface area contributed by atoms with Gasteiger partial charge in [-0.25, -0.2) is 0 Å². The molecule has 9 heteroatoms. The van der Waals surface area contributed by atoms with Gasteiger partial charge in [0.15, 0.2) is 6.29 Å². The zero-order chi connectivity index (χ0) is 18.0. The zero-order valence-electron chi connectivity index (χ0n) is 13.7. The van der Waals surface area contributed by atoms with Gasteiger partial charge in [-0.15, -0.1) is 0 Å². The molecular weight excluding hydrogens is 322 g/mol. The van der Waals surface area contributed by atoms with Crippen molar-refractivity contribution in [3.8, 4) is 0 Å². The number of ether oxygens (including phenoxy) is 2. The summed E-state index contributed by atoms with van der Waals surface area (Å²) < 4.78 is 10.3. The number of nitrogens with one attached hydrogen (secondary N) is 1. The predicted molar refractivity (Wildman–Crippen MR) is 81.8 cm³/mol. The highest BCUT2D eigenvalue weighted by Gasteiger charge is 2.46. The van der Waals surface area contributed by atoms with Crippen LogP contribution < -0.4 is 5.32 Å². The first-order valence-electron chi connectivity index (χ1n) is 7.94. The highest BCUT2D eigenvalue weighted by molar-refractivity contribution is 5.21. The van der Waals surface area contributed by atoms with Gasteiger partial charge in [0.05, 0.1) is 37.5 Å². The summed E-state index contributed by atoms with van der Waals surface area (Å²) in [4.78, 5) is 0. The van der Waals surface area contributed by atoms with Gasteiger partial charge in [0.2, 0.25) is 0 Å². The Morgan fingerprint density at radius 1 is 1.12 bits per heavy atom. The summed E-state index contributed by atoms with van der Waals surface area (Å²) in [5.41, 5.74) is 0.354. The molecule has 2 rings (SSSR count). The molecular formula is C15H27NO8. The summed E-state index contributed by atoms with van der Waals surface area (Å²) >= 11 is 0. The molecule has 1 aliphatic heterocycles. The molecule has 4 unspecified atom stereocenters. The average Bonchev–Trinajstić information content (AvgIpc) is 2.59. The Labute approximate surface area is 140 Å². The maximum Gasteiger partial charge on any atom is 0.186 e. The van der Waals surface area contributed by atoms with Gasteiger partial charge in [0.1, 0.15) is 18.3 Å². The first kappa shape index (κ1) is 19.7. The Morgan fingerprint density at radius 3 is 2.33 bits per heavy atom. The Bertz CT molecular complexity index is 445. The van der Waals surface area contributed by atoms with Crippen molar-refractivity contribution >= 4 is 0 Å². The molecule has 0 aromatic carbocycles. The molecule has 1 saturated heterocycles. The fourth-order valence-electron chi connectivity index (χ4n) is 3.28. The molecule has 140 valence electrons. The van der Waals surface area contributed by atoms with Crippen molar-refractivity contribution in [2.24, 2.45) is 5.92 Å². The minimum absolute atomic E-state index is 0.354. The third-order valence-electron chi connectivity index (χ3n) is 4.86. The zero-order valence-corrected chi connectivity index (χ0v) is 13.7. The smallest absolute Gasteiger partial charge is 0.186 e. The first-order valence-corrected chi connectivity index (χ1v) is 7.94. The lowest BCUT2D eigenvalue weighted by Gasteiger charge is -2.45. The molecule has 0 aromatic rings. The lowest BCUT2D eigenvalue weighted by atomic mass is 9.81. The van der Waals surface area contributed by atoms with Crippen LogP contribution in [-0.4, -0.2) is 99.9 Å². The molecule has 0 bridgehead atoms. The molecule has 0 radical (unpaired) electrons. The topological polar surface area (TPSA) is 152 Å². The second kappa shape index (κ2) is 8.17. The van der Waals surface area contributed by atoms with Crippen LogP contribution >= 0.6 is 0 Å². The molecule has 24 heavy (non-hydrogen) atoms. The van der Waals surface area contributed by atoms with Crippen LogP contribution in [0.15, 0.2) is 11.6 Å². The maximum absolute atomic E-state index is 10.3. The van der Waals surface area contributed by atoms with Gasteiger partial charge in [-0.05, 0) is 5.57 Å².